The molecule has 2 aliphatic carbocycles. The summed E-state index contributed by atoms with van der Waals surface area (Å²) in [6.07, 6.45) is 6.89. The molecule has 4 atom stereocenters. The van der Waals surface area contributed by atoms with Crippen LogP contribution in [0, 0.1) is 18.4 Å². The standard InChI is InChI=1S/C21H28N2/c1-6-21(4)11-10-15-18(19(21)22-5)13-12-23-16-9-7-8-14(17(13)16)20(15,2)3/h6-9,12,15,18-19,23H,1,5,10-11,22H2,2-4H3/t15-,18+,19+,21-/m0/s1. The van der Waals surface area contributed by atoms with Crippen LogP contribution in [0.3, 0.4) is 0 Å². The zero-order valence-electron chi connectivity index (χ0n) is 14.5. The third kappa shape index (κ3) is 1.79. The zero-order chi connectivity index (χ0) is 16.4. The Hall–Kier alpha value is -1.54. The summed E-state index contributed by atoms with van der Waals surface area (Å²) in [5.41, 5.74) is 4.63. The molecule has 4 rings (SSSR count). The molecule has 0 aliphatic heterocycles. The molecule has 1 aromatic heterocycles. The molecule has 2 aliphatic rings. The Morgan fingerprint density at radius 1 is 1.35 bits per heavy atom. The van der Waals surface area contributed by atoms with Crippen molar-refractivity contribution in [1.29, 1.82) is 0 Å². The lowest BCUT2D eigenvalue weighted by Crippen LogP contribution is -2.90. The van der Waals surface area contributed by atoms with Crippen LogP contribution >= 0.6 is 0 Å². The number of nitrogens with one attached hydrogen (secondary N) is 1. The Bertz CT molecular complexity index is 769. The fourth-order valence-electron chi connectivity index (χ4n) is 5.56. The van der Waals surface area contributed by atoms with Crippen LogP contribution in [0.4, 0.5) is 0 Å². The van der Waals surface area contributed by atoms with E-state index in [9.17, 15) is 0 Å². The van der Waals surface area contributed by atoms with E-state index in [2.05, 4.69) is 75.2 Å². The molecule has 1 fully saturated rings. The Balaban J connectivity index is 2.00. The highest BCUT2D eigenvalue weighted by Gasteiger charge is 2.54. The summed E-state index contributed by atoms with van der Waals surface area (Å²) in [6.45, 7) is 11.4. The molecule has 122 valence electrons. The van der Waals surface area contributed by atoms with E-state index in [1.54, 1.807) is 0 Å². The van der Waals surface area contributed by atoms with Gasteiger partial charge in [-0.15, -0.1) is 6.58 Å². The highest BCUT2D eigenvalue weighted by Crippen LogP contribution is 2.58. The number of nitrogens with two attached hydrogens (primary N) is 1. The van der Waals surface area contributed by atoms with Crippen LogP contribution in [0.15, 0.2) is 37.1 Å². The maximum absolute atomic E-state index is 4.21. The van der Waals surface area contributed by atoms with Gasteiger partial charge in [0.25, 0.3) is 0 Å². The van der Waals surface area contributed by atoms with Crippen LogP contribution in [0.5, 0.6) is 0 Å². The fraction of sp³-hybridized carbons (Fsp3) is 0.476. The normalized spacial score (nSPS) is 35.0. The highest BCUT2D eigenvalue weighted by atomic mass is 14.9. The first-order chi connectivity index (χ1) is 10.9. The Kier molecular flexibility index (Phi) is 3.09. The van der Waals surface area contributed by atoms with Gasteiger partial charge in [-0.1, -0.05) is 39.0 Å². The molecule has 0 radical (unpaired) electrons. The third-order valence-electron chi connectivity index (χ3n) is 7.01. The maximum atomic E-state index is 4.21. The first-order valence-electron chi connectivity index (χ1n) is 8.80. The fourth-order valence-corrected chi connectivity index (χ4v) is 5.56. The lowest BCUT2D eigenvalue weighted by Gasteiger charge is -2.54. The first kappa shape index (κ1) is 15.0. The molecular formula is C21H28N2. The van der Waals surface area contributed by atoms with Crippen LogP contribution in [0.25, 0.3) is 10.9 Å². The highest BCUT2D eigenvalue weighted by molar-refractivity contribution is 5.89. The van der Waals surface area contributed by atoms with E-state index in [0.717, 1.165) is 0 Å². The number of H-pyrrole nitrogens is 1. The summed E-state index contributed by atoms with van der Waals surface area (Å²) in [4.78, 5) is 3.52. The van der Waals surface area contributed by atoms with Crippen molar-refractivity contribution in [3.05, 3.63) is 55.2 Å². The minimum Gasteiger partial charge on any atom is -0.475 e. The summed E-state index contributed by atoms with van der Waals surface area (Å²) in [5.74, 6) is 1.19. The molecule has 3 N–H and O–H groups in total. The maximum Gasteiger partial charge on any atom is 0.0782 e. The van der Waals surface area contributed by atoms with Gasteiger partial charge in [0.1, 0.15) is 0 Å². The quantitative estimate of drug-likeness (QED) is 0.624. The van der Waals surface area contributed by atoms with Gasteiger partial charge in [-0.2, -0.15) is 7.05 Å². The van der Waals surface area contributed by atoms with E-state index < -0.39 is 0 Å². The molecule has 1 aromatic carbocycles. The minimum absolute atomic E-state index is 0.148. The van der Waals surface area contributed by atoms with Gasteiger partial charge in [-0.25, -0.2) is 0 Å². The van der Waals surface area contributed by atoms with E-state index >= 15 is 0 Å². The molecule has 0 spiro atoms. The van der Waals surface area contributed by atoms with Crippen LogP contribution in [0.2, 0.25) is 0 Å². The Morgan fingerprint density at radius 2 is 2.13 bits per heavy atom. The second kappa shape index (κ2) is 4.73. The van der Waals surface area contributed by atoms with E-state index in [1.165, 1.54) is 34.9 Å². The van der Waals surface area contributed by atoms with Gasteiger partial charge in [0.2, 0.25) is 0 Å². The van der Waals surface area contributed by atoms with E-state index in [1.807, 2.05) is 0 Å². The molecule has 0 amide bonds. The van der Waals surface area contributed by atoms with E-state index in [-0.39, 0.29) is 10.8 Å². The molecule has 0 unspecified atom stereocenters. The second-order valence-corrected chi connectivity index (χ2v) is 8.34. The van der Waals surface area contributed by atoms with Crippen molar-refractivity contribution in [3.8, 4) is 0 Å². The number of quaternary nitrogens is 1. The Labute approximate surface area is 139 Å². The van der Waals surface area contributed by atoms with Gasteiger partial charge >= 0.3 is 0 Å². The molecule has 2 heteroatoms. The van der Waals surface area contributed by atoms with Crippen LogP contribution in [0.1, 0.15) is 50.7 Å². The second-order valence-electron chi connectivity index (χ2n) is 8.34. The number of aromatic nitrogens is 1. The summed E-state index contributed by atoms with van der Waals surface area (Å²) in [5, 5.41) is 3.65. The molecule has 2 aromatic rings. The molecule has 23 heavy (non-hydrogen) atoms. The first-order valence-corrected chi connectivity index (χ1v) is 8.80. The number of hydrogen-bond acceptors (Lipinski definition) is 0. The van der Waals surface area contributed by atoms with Gasteiger partial charge in [0.15, 0.2) is 0 Å². The van der Waals surface area contributed by atoms with Crippen molar-refractivity contribution in [1.82, 2.24) is 4.98 Å². The zero-order valence-corrected chi connectivity index (χ0v) is 14.5. The van der Waals surface area contributed by atoms with Crippen molar-refractivity contribution in [3.63, 3.8) is 0 Å². The SMILES string of the molecule is C=C[C@@]1(C)CC[C@H]2[C@@H](c3c[nH]c4cccc(c34)C2(C)C)[C@H]1[NH2+][CH2-]. The van der Waals surface area contributed by atoms with Gasteiger partial charge in [0.05, 0.1) is 6.04 Å². The molecule has 0 bridgehead atoms. The summed E-state index contributed by atoms with van der Waals surface area (Å²) < 4.78 is 0. The van der Waals surface area contributed by atoms with E-state index in [0.29, 0.717) is 17.9 Å². The minimum atomic E-state index is 0.148. The van der Waals surface area contributed by atoms with Crippen molar-refractivity contribution >= 4 is 10.9 Å². The predicted octanol–water partition coefficient (Wildman–Crippen LogP) is 3.87. The van der Waals surface area contributed by atoms with Crippen LogP contribution in [-0.2, 0) is 5.41 Å². The summed E-state index contributed by atoms with van der Waals surface area (Å²) in [6, 6.07) is 7.18. The van der Waals surface area contributed by atoms with Crippen molar-refractivity contribution < 1.29 is 5.32 Å². The lowest BCUT2D eigenvalue weighted by molar-refractivity contribution is -0.654. The topological polar surface area (TPSA) is 32.4 Å². The summed E-state index contributed by atoms with van der Waals surface area (Å²) in [7, 11) is 4.21. The van der Waals surface area contributed by atoms with E-state index in [4.69, 9.17) is 0 Å². The van der Waals surface area contributed by atoms with Gasteiger partial charge in [-0.05, 0) is 41.4 Å². The largest absolute Gasteiger partial charge is 0.475 e. The number of benzene rings is 1. The smallest absolute Gasteiger partial charge is 0.0782 e. The molecular weight excluding hydrogens is 280 g/mol. The molecule has 1 heterocycles. The Morgan fingerprint density at radius 3 is 2.83 bits per heavy atom. The number of aromatic amines is 1. The predicted molar refractivity (Wildman–Crippen MR) is 96.2 cm³/mol. The lowest BCUT2D eigenvalue weighted by atomic mass is 9.51. The van der Waals surface area contributed by atoms with Gasteiger partial charge < -0.3 is 10.3 Å². The molecule has 1 saturated carbocycles. The van der Waals surface area contributed by atoms with Crippen LogP contribution < -0.4 is 5.32 Å². The molecule has 0 saturated heterocycles. The third-order valence-corrected chi connectivity index (χ3v) is 7.01. The number of fused-ring (bicyclic) bond motifs is 2. The van der Waals surface area contributed by atoms with Crippen molar-refractivity contribution in [2.45, 2.75) is 51.0 Å². The van der Waals surface area contributed by atoms with Crippen LogP contribution in [-0.4, -0.2) is 11.0 Å². The molecule has 2 nitrogen and oxygen atoms in total. The monoisotopic (exact) mass is 308 g/mol. The number of rotatable bonds is 2. The summed E-state index contributed by atoms with van der Waals surface area (Å²) >= 11 is 0. The number of hydrogen-bond donors (Lipinski definition) is 2. The average Bonchev–Trinajstić information content (AvgIpc) is 2.97. The van der Waals surface area contributed by atoms with Gasteiger partial charge in [0, 0.05) is 28.4 Å². The van der Waals surface area contributed by atoms with Gasteiger partial charge in [-0.3, -0.25) is 0 Å². The average molecular weight is 308 g/mol. The van der Waals surface area contributed by atoms with Crippen molar-refractivity contribution in [2.75, 3.05) is 0 Å². The van der Waals surface area contributed by atoms with Crippen molar-refractivity contribution in [2.24, 2.45) is 11.3 Å².